The minimum Gasteiger partial charge on any atom is -0.397 e. The van der Waals surface area contributed by atoms with Crippen LogP contribution in [0.1, 0.15) is 16.1 Å². The van der Waals surface area contributed by atoms with Crippen LogP contribution in [0.5, 0.6) is 0 Å². The van der Waals surface area contributed by atoms with Crippen LogP contribution in [-0.4, -0.2) is 42.4 Å². The van der Waals surface area contributed by atoms with Crippen LogP contribution < -0.4 is 16.8 Å². The van der Waals surface area contributed by atoms with Gasteiger partial charge in [-0.3, -0.25) is 9.79 Å². The van der Waals surface area contributed by atoms with Crippen LogP contribution in [0.15, 0.2) is 41.5 Å². The van der Waals surface area contributed by atoms with Crippen molar-refractivity contribution in [2.75, 3.05) is 24.3 Å². The smallest absolute Gasteiger partial charge is 0.276 e. The number of rotatable bonds is 3. The number of nitrogens with zero attached hydrogens (tertiary/aromatic N) is 3. The molecule has 1 aromatic carbocycles. The lowest BCUT2D eigenvalue weighted by molar-refractivity contribution is 0.0505. The van der Waals surface area contributed by atoms with E-state index in [1.54, 1.807) is 0 Å². The molecule has 0 radical (unpaired) electrons. The molecule has 2 aromatic rings. The third-order valence-corrected chi connectivity index (χ3v) is 3.52. The number of ether oxygens (including phenoxy) is 1. The zero-order chi connectivity index (χ0) is 21.4. The van der Waals surface area contributed by atoms with E-state index in [9.17, 15) is 18.0 Å². The predicted molar refractivity (Wildman–Crippen MR) is 100.0 cm³/mol. The Bertz CT molecular complexity index is 928. The first kappa shape index (κ1) is 21.6. The number of carbonyl (C=O) groups is 1. The Kier molecular flexibility index (Phi) is 7.50. The van der Waals surface area contributed by atoms with Gasteiger partial charge in [0.2, 0.25) is 0 Å². The Hall–Kier alpha value is -3.65. The predicted octanol–water partition coefficient (Wildman–Crippen LogP) is 1.93. The van der Waals surface area contributed by atoms with Gasteiger partial charge < -0.3 is 21.5 Å². The highest BCUT2D eigenvalue weighted by molar-refractivity contribution is 6.06. The summed E-state index contributed by atoms with van der Waals surface area (Å²) < 4.78 is 41.1. The average Bonchev–Trinajstić information content (AvgIpc) is 2.70. The van der Waals surface area contributed by atoms with Crippen LogP contribution in [0.2, 0.25) is 0 Å². The molecule has 1 atom stereocenters. The second kappa shape index (κ2) is 10.0. The van der Waals surface area contributed by atoms with E-state index in [4.69, 9.17) is 21.5 Å². The molecule has 0 saturated carbocycles. The summed E-state index contributed by atoms with van der Waals surface area (Å²) in [5.74, 6) is -0.765. The molecule has 0 saturated heterocycles. The lowest BCUT2D eigenvalue weighted by atomic mass is 10.2. The first-order valence-electron chi connectivity index (χ1n) is 8.20. The average molecular weight is 406 g/mol. The van der Waals surface area contributed by atoms with Gasteiger partial charge in [0.25, 0.3) is 12.3 Å². The number of pyridine rings is 1. The molecule has 1 aromatic heterocycles. The molecule has 11 heteroatoms. The van der Waals surface area contributed by atoms with Gasteiger partial charge >= 0.3 is 0 Å². The standard InChI is InChI=1S/C13H9FN4O.C5H8F2N2O/c14-9-1-3-10(4-2-9)18-13(19)12-11(16)5-8(6-15)7-17-12;6-5(7)3-1-10-2-4(8)9-3/h1-5,7H,16H2,(H,18,19);3,5H,1-2H2,(H2,8,9). The highest BCUT2D eigenvalue weighted by Gasteiger charge is 2.22. The maximum Gasteiger partial charge on any atom is 0.276 e. The lowest BCUT2D eigenvalue weighted by Gasteiger charge is -2.17. The fourth-order valence-electron chi connectivity index (χ4n) is 2.16. The Morgan fingerprint density at radius 1 is 1.31 bits per heavy atom. The van der Waals surface area contributed by atoms with E-state index in [0.717, 1.165) is 0 Å². The normalized spacial score (nSPS) is 15.6. The first-order chi connectivity index (χ1) is 13.8. The number of carbonyl (C=O) groups excluding carboxylic acids is 1. The summed E-state index contributed by atoms with van der Waals surface area (Å²) >= 11 is 0. The van der Waals surface area contributed by atoms with Crippen LogP contribution in [-0.2, 0) is 4.74 Å². The molecule has 152 valence electrons. The SMILES string of the molecule is N#Cc1cnc(C(=O)Nc2ccc(F)cc2)c(N)c1.NC1=NC(C(F)F)COC1. The number of aromatic nitrogens is 1. The Morgan fingerprint density at radius 2 is 2.00 bits per heavy atom. The number of nitriles is 1. The maximum atomic E-state index is 12.7. The summed E-state index contributed by atoms with van der Waals surface area (Å²) in [6, 6.07) is 7.48. The number of nitrogens with two attached hydrogens (primary N) is 2. The fourth-order valence-corrected chi connectivity index (χ4v) is 2.16. The molecular formula is C18H17F3N6O2. The van der Waals surface area contributed by atoms with Crippen molar-refractivity contribution in [2.45, 2.75) is 12.5 Å². The number of nitrogens with one attached hydrogen (secondary N) is 1. The van der Waals surface area contributed by atoms with Gasteiger partial charge in [-0.1, -0.05) is 0 Å². The molecule has 8 nitrogen and oxygen atoms in total. The number of benzene rings is 1. The van der Waals surface area contributed by atoms with Crippen molar-refractivity contribution in [3.05, 3.63) is 53.6 Å². The first-order valence-corrected chi connectivity index (χ1v) is 8.20. The quantitative estimate of drug-likeness (QED) is 0.712. The van der Waals surface area contributed by atoms with E-state index in [2.05, 4.69) is 15.3 Å². The fraction of sp³-hybridized carbons (Fsp3) is 0.222. The molecule has 0 aliphatic carbocycles. The highest BCUT2D eigenvalue weighted by atomic mass is 19.3. The van der Waals surface area contributed by atoms with Crippen molar-refractivity contribution >= 4 is 23.1 Å². The third-order valence-electron chi connectivity index (χ3n) is 3.52. The number of amidine groups is 1. The zero-order valence-corrected chi connectivity index (χ0v) is 15.0. The molecule has 0 spiro atoms. The van der Waals surface area contributed by atoms with E-state index in [1.165, 1.54) is 36.5 Å². The summed E-state index contributed by atoms with van der Waals surface area (Å²) in [6.07, 6.45) is -1.21. The number of halogens is 3. The minimum atomic E-state index is -2.47. The van der Waals surface area contributed by atoms with Gasteiger partial charge in [0.15, 0.2) is 5.69 Å². The van der Waals surface area contributed by atoms with Gasteiger partial charge in [0, 0.05) is 11.9 Å². The van der Waals surface area contributed by atoms with Crippen molar-refractivity contribution in [3.8, 4) is 6.07 Å². The Balaban J connectivity index is 0.000000253. The van der Waals surface area contributed by atoms with E-state index in [-0.39, 0.29) is 36.0 Å². The van der Waals surface area contributed by atoms with E-state index in [1.807, 2.05) is 6.07 Å². The second-order valence-electron chi connectivity index (χ2n) is 5.77. The number of anilines is 2. The van der Waals surface area contributed by atoms with Gasteiger partial charge in [0.05, 0.1) is 17.9 Å². The van der Waals surface area contributed by atoms with Crippen LogP contribution in [0.3, 0.4) is 0 Å². The van der Waals surface area contributed by atoms with E-state index in [0.29, 0.717) is 5.69 Å². The minimum absolute atomic E-state index is 0.0170. The van der Waals surface area contributed by atoms with Gasteiger partial charge in [-0.2, -0.15) is 5.26 Å². The Labute approximate surface area is 164 Å². The number of hydrogen-bond acceptors (Lipinski definition) is 7. The van der Waals surface area contributed by atoms with Gasteiger partial charge in [-0.15, -0.1) is 0 Å². The summed E-state index contributed by atoms with van der Waals surface area (Å²) in [5, 5.41) is 11.2. The molecule has 1 aliphatic heterocycles. The number of alkyl halides is 2. The van der Waals surface area contributed by atoms with Crippen LogP contribution in [0.4, 0.5) is 24.5 Å². The van der Waals surface area contributed by atoms with Crippen LogP contribution >= 0.6 is 0 Å². The molecule has 2 heterocycles. The van der Waals surface area contributed by atoms with E-state index < -0.39 is 24.2 Å². The number of aliphatic imine (C=N–C) groups is 1. The zero-order valence-electron chi connectivity index (χ0n) is 15.0. The number of hydrogen-bond donors (Lipinski definition) is 3. The monoisotopic (exact) mass is 406 g/mol. The van der Waals surface area contributed by atoms with Crippen molar-refractivity contribution in [1.29, 1.82) is 5.26 Å². The van der Waals surface area contributed by atoms with Crippen molar-refractivity contribution in [2.24, 2.45) is 10.7 Å². The molecule has 0 fully saturated rings. The van der Waals surface area contributed by atoms with Gasteiger partial charge in [-0.25, -0.2) is 18.2 Å². The third kappa shape index (κ3) is 6.47. The summed E-state index contributed by atoms with van der Waals surface area (Å²) in [5.41, 5.74) is 11.6. The number of amides is 1. The highest BCUT2D eigenvalue weighted by Crippen LogP contribution is 2.14. The van der Waals surface area contributed by atoms with Crippen LogP contribution in [0.25, 0.3) is 0 Å². The van der Waals surface area contributed by atoms with Crippen LogP contribution in [0, 0.1) is 17.1 Å². The largest absolute Gasteiger partial charge is 0.397 e. The molecule has 5 N–H and O–H groups in total. The van der Waals surface area contributed by atoms with Crippen molar-refractivity contribution in [3.63, 3.8) is 0 Å². The molecule has 29 heavy (non-hydrogen) atoms. The van der Waals surface area contributed by atoms with Crippen molar-refractivity contribution < 1.29 is 22.7 Å². The molecular weight excluding hydrogens is 389 g/mol. The van der Waals surface area contributed by atoms with E-state index >= 15 is 0 Å². The van der Waals surface area contributed by atoms with Gasteiger partial charge in [0.1, 0.15) is 30.4 Å². The maximum absolute atomic E-state index is 12.7. The van der Waals surface area contributed by atoms with Gasteiger partial charge in [-0.05, 0) is 30.3 Å². The molecule has 1 aliphatic rings. The summed E-state index contributed by atoms with van der Waals surface area (Å²) in [7, 11) is 0. The summed E-state index contributed by atoms with van der Waals surface area (Å²) in [4.78, 5) is 19.2. The molecule has 0 bridgehead atoms. The molecule has 3 rings (SSSR count). The number of nitrogen functional groups attached to an aromatic ring is 1. The molecule has 1 unspecified atom stereocenters. The topological polar surface area (TPSA) is 139 Å². The van der Waals surface area contributed by atoms with Crippen molar-refractivity contribution in [1.82, 2.24) is 4.98 Å². The second-order valence-corrected chi connectivity index (χ2v) is 5.77. The lowest BCUT2D eigenvalue weighted by Crippen LogP contribution is -2.34. The molecule has 1 amide bonds. The summed E-state index contributed by atoms with van der Waals surface area (Å²) in [6.45, 7) is 0.140. The Morgan fingerprint density at radius 3 is 2.52 bits per heavy atom.